The molecule has 3 rings (SSSR count). The van der Waals surface area contributed by atoms with Crippen LogP contribution in [0, 0.1) is 5.92 Å². The summed E-state index contributed by atoms with van der Waals surface area (Å²) in [7, 11) is 0. The van der Waals surface area contributed by atoms with Crippen molar-refractivity contribution in [2.75, 3.05) is 0 Å². The standard InChI is InChI=1S/C15H18OS/c1-3-10-8-15(10,4-2)13-9-17-14-6-5-11(16)7-12(13)14/h5-7,9-10,16H,3-4,8H2,1-2H3. The molecule has 1 saturated carbocycles. The second-order valence-corrected chi connectivity index (χ2v) is 6.06. The monoisotopic (exact) mass is 246 g/mol. The number of benzene rings is 1. The fourth-order valence-electron chi connectivity index (χ4n) is 3.27. The highest BCUT2D eigenvalue weighted by Crippen LogP contribution is 2.60. The summed E-state index contributed by atoms with van der Waals surface area (Å²) in [6.45, 7) is 4.58. The van der Waals surface area contributed by atoms with Gasteiger partial charge in [-0.1, -0.05) is 20.3 Å². The average molecular weight is 246 g/mol. The van der Waals surface area contributed by atoms with E-state index in [9.17, 15) is 5.11 Å². The van der Waals surface area contributed by atoms with Gasteiger partial charge in [-0.3, -0.25) is 0 Å². The van der Waals surface area contributed by atoms with Crippen LogP contribution in [0.4, 0.5) is 0 Å². The van der Waals surface area contributed by atoms with E-state index >= 15 is 0 Å². The number of aromatic hydroxyl groups is 1. The summed E-state index contributed by atoms with van der Waals surface area (Å²) < 4.78 is 1.30. The van der Waals surface area contributed by atoms with Crippen LogP contribution < -0.4 is 0 Å². The third-order valence-corrected chi connectivity index (χ3v) is 5.41. The molecule has 1 fully saturated rings. The highest BCUT2D eigenvalue weighted by molar-refractivity contribution is 7.17. The van der Waals surface area contributed by atoms with E-state index < -0.39 is 0 Å². The molecule has 0 radical (unpaired) electrons. The second-order valence-electron chi connectivity index (χ2n) is 5.15. The molecule has 0 bridgehead atoms. The number of phenolic OH excluding ortho intramolecular Hbond substituents is 1. The Morgan fingerprint density at radius 3 is 2.88 bits per heavy atom. The summed E-state index contributed by atoms with van der Waals surface area (Å²) in [6.07, 6.45) is 3.80. The Morgan fingerprint density at radius 2 is 2.24 bits per heavy atom. The highest BCUT2D eigenvalue weighted by atomic mass is 32.1. The molecule has 1 aromatic heterocycles. The van der Waals surface area contributed by atoms with Crippen LogP contribution in [0.5, 0.6) is 5.75 Å². The van der Waals surface area contributed by atoms with Crippen LogP contribution in [-0.4, -0.2) is 5.11 Å². The second kappa shape index (κ2) is 3.74. The molecule has 1 N–H and O–H groups in total. The zero-order valence-corrected chi connectivity index (χ0v) is 11.2. The summed E-state index contributed by atoms with van der Waals surface area (Å²) in [6, 6.07) is 5.75. The van der Waals surface area contributed by atoms with Crippen molar-refractivity contribution in [1.29, 1.82) is 0 Å². The van der Waals surface area contributed by atoms with Gasteiger partial charge in [0, 0.05) is 4.70 Å². The van der Waals surface area contributed by atoms with Crippen LogP contribution in [0.25, 0.3) is 10.1 Å². The van der Waals surface area contributed by atoms with Gasteiger partial charge in [-0.05, 0) is 58.7 Å². The smallest absolute Gasteiger partial charge is 0.116 e. The molecule has 2 heteroatoms. The summed E-state index contributed by atoms with van der Waals surface area (Å²) in [5.41, 5.74) is 1.88. The van der Waals surface area contributed by atoms with Crippen LogP contribution in [0.1, 0.15) is 38.7 Å². The van der Waals surface area contributed by atoms with E-state index in [1.807, 2.05) is 12.1 Å². The zero-order chi connectivity index (χ0) is 12.0. The third-order valence-electron chi connectivity index (χ3n) is 4.45. The maximum absolute atomic E-state index is 9.66. The summed E-state index contributed by atoms with van der Waals surface area (Å²) in [5, 5.41) is 13.2. The molecule has 1 aliphatic carbocycles. The molecule has 0 saturated heterocycles. The minimum atomic E-state index is 0.386. The van der Waals surface area contributed by atoms with Crippen LogP contribution in [0.15, 0.2) is 23.6 Å². The number of hydrogen-bond donors (Lipinski definition) is 1. The lowest BCUT2D eigenvalue weighted by atomic mass is 9.89. The molecule has 0 amide bonds. The highest BCUT2D eigenvalue weighted by Gasteiger charge is 2.53. The van der Waals surface area contributed by atoms with Gasteiger partial charge in [0.25, 0.3) is 0 Å². The molecule has 2 aromatic rings. The maximum Gasteiger partial charge on any atom is 0.116 e. The number of phenols is 1. The molecule has 1 nitrogen and oxygen atoms in total. The Bertz CT molecular complexity index is 557. The van der Waals surface area contributed by atoms with E-state index in [1.54, 1.807) is 17.4 Å². The first kappa shape index (κ1) is 11.1. The van der Waals surface area contributed by atoms with Crippen molar-refractivity contribution < 1.29 is 5.11 Å². The molecule has 1 aromatic carbocycles. The van der Waals surface area contributed by atoms with Crippen molar-refractivity contribution in [2.45, 2.75) is 38.5 Å². The quantitative estimate of drug-likeness (QED) is 0.833. The lowest BCUT2D eigenvalue weighted by Gasteiger charge is -2.14. The van der Waals surface area contributed by atoms with Crippen molar-refractivity contribution in [3.63, 3.8) is 0 Å². The van der Waals surface area contributed by atoms with E-state index in [1.165, 1.54) is 34.9 Å². The lowest BCUT2D eigenvalue weighted by Crippen LogP contribution is -2.07. The van der Waals surface area contributed by atoms with Gasteiger partial charge < -0.3 is 5.11 Å². The molecule has 17 heavy (non-hydrogen) atoms. The SMILES string of the molecule is CCC1CC1(CC)c1csc2ccc(O)cc12. The molecule has 0 aliphatic heterocycles. The number of thiophene rings is 1. The van der Waals surface area contributed by atoms with Gasteiger partial charge in [0.05, 0.1) is 0 Å². The van der Waals surface area contributed by atoms with Crippen molar-refractivity contribution >= 4 is 21.4 Å². The van der Waals surface area contributed by atoms with Gasteiger partial charge in [0.15, 0.2) is 0 Å². The normalized spacial score (nSPS) is 27.5. The average Bonchev–Trinajstić information content (AvgIpc) is 2.93. The number of hydrogen-bond acceptors (Lipinski definition) is 2. The Labute approximate surface area is 106 Å². The Kier molecular flexibility index (Phi) is 2.44. The number of fused-ring (bicyclic) bond motifs is 1. The van der Waals surface area contributed by atoms with Crippen molar-refractivity contribution in [1.82, 2.24) is 0 Å². The van der Waals surface area contributed by atoms with Gasteiger partial charge in [0.1, 0.15) is 5.75 Å². The third kappa shape index (κ3) is 1.50. The van der Waals surface area contributed by atoms with Crippen LogP contribution >= 0.6 is 11.3 Å². The first-order valence-corrected chi connectivity index (χ1v) is 7.30. The Morgan fingerprint density at radius 1 is 1.41 bits per heavy atom. The van der Waals surface area contributed by atoms with Gasteiger partial charge in [0.2, 0.25) is 0 Å². The van der Waals surface area contributed by atoms with Crippen LogP contribution in [0.2, 0.25) is 0 Å². The number of rotatable bonds is 3. The Hall–Kier alpha value is -1.02. The molecule has 2 atom stereocenters. The van der Waals surface area contributed by atoms with E-state index in [2.05, 4.69) is 19.2 Å². The predicted octanol–water partition coefficient (Wildman–Crippen LogP) is 4.68. The molecule has 2 unspecified atom stereocenters. The van der Waals surface area contributed by atoms with Gasteiger partial charge in [-0.15, -0.1) is 11.3 Å². The van der Waals surface area contributed by atoms with E-state index in [-0.39, 0.29) is 0 Å². The molecule has 1 aliphatic rings. The lowest BCUT2D eigenvalue weighted by molar-refractivity contribution is 0.476. The zero-order valence-electron chi connectivity index (χ0n) is 10.4. The van der Waals surface area contributed by atoms with E-state index in [0.717, 1.165) is 5.92 Å². The minimum Gasteiger partial charge on any atom is -0.508 e. The van der Waals surface area contributed by atoms with Crippen molar-refractivity contribution in [3.8, 4) is 5.75 Å². The summed E-state index contributed by atoms with van der Waals surface area (Å²) >= 11 is 1.81. The topological polar surface area (TPSA) is 20.2 Å². The molecule has 0 spiro atoms. The first-order chi connectivity index (χ1) is 8.21. The molecule has 1 heterocycles. The van der Waals surface area contributed by atoms with Crippen molar-refractivity contribution in [2.24, 2.45) is 5.92 Å². The first-order valence-electron chi connectivity index (χ1n) is 6.42. The summed E-state index contributed by atoms with van der Waals surface area (Å²) in [4.78, 5) is 0. The molecule has 90 valence electrons. The summed E-state index contributed by atoms with van der Waals surface area (Å²) in [5.74, 6) is 1.23. The van der Waals surface area contributed by atoms with E-state index in [0.29, 0.717) is 11.2 Å². The van der Waals surface area contributed by atoms with Crippen LogP contribution in [0.3, 0.4) is 0 Å². The largest absolute Gasteiger partial charge is 0.508 e. The fraction of sp³-hybridized carbons (Fsp3) is 0.467. The molecular weight excluding hydrogens is 228 g/mol. The van der Waals surface area contributed by atoms with E-state index in [4.69, 9.17) is 0 Å². The fourth-order valence-corrected chi connectivity index (χ4v) is 4.32. The molecular formula is C15H18OS. The van der Waals surface area contributed by atoms with Crippen molar-refractivity contribution in [3.05, 3.63) is 29.1 Å². The van der Waals surface area contributed by atoms with Gasteiger partial charge in [-0.2, -0.15) is 0 Å². The van der Waals surface area contributed by atoms with Crippen LogP contribution in [-0.2, 0) is 5.41 Å². The van der Waals surface area contributed by atoms with Gasteiger partial charge >= 0.3 is 0 Å². The van der Waals surface area contributed by atoms with Gasteiger partial charge in [-0.25, -0.2) is 0 Å². The maximum atomic E-state index is 9.66. The minimum absolute atomic E-state index is 0.386. The predicted molar refractivity (Wildman–Crippen MR) is 73.9 cm³/mol. The Balaban J connectivity index is 2.15.